The number of aliphatic hydroxyl groups is 1. The minimum Gasteiger partial charge on any atom is -0.388 e. The van der Waals surface area contributed by atoms with Crippen molar-refractivity contribution in [1.29, 1.82) is 0 Å². The standard InChI is InChI=1S/C46H88O/c1-11-19-40(20-12-2)22-17-30-46(28-14-4,29-15-5)31-18-23-41(21-13-3)32-36(8)35(7)24-27-43(42-25-26-42)45(47)44-37(9)33-39(16-6)34-38(44)10/h35-37,39-43,45,47H,11-34H2,1-10H3/t35?,36-,37-,39+,41-,43-,45-/m0/s1. The Bertz CT molecular complexity index is 809. The summed E-state index contributed by atoms with van der Waals surface area (Å²) in [6, 6.07) is 0. The van der Waals surface area contributed by atoms with Crippen LogP contribution in [-0.2, 0) is 0 Å². The third kappa shape index (κ3) is 14.8. The molecule has 1 fully saturated rings. The van der Waals surface area contributed by atoms with Crippen LogP contribution in [0.25, 0.3) is 0 Å². The summed E-state index contributed by atoms with van der Waals surface area (Å²) in [5.74, 6) is 6.04. The summed E-state index contributed by atoms with van der Waals surface area (Å²) in [6.07, 6.45) is 32.9. The topological polar surface area (TPSA) is 20.2 Å². The molecule has 0 aliphatic heterocycles. The lowest BCUT2D eigenvalue weighted by atomic mass is 9.70. The quantitative estimate of drug-likeness (QED) is 0.0831. The summed E-state index contributed by atoms with van der Waals surface area (Å²) < 4.78 is 0. The second-order valence-electron chi connectivity index (χ2n) is 17.9. The number of rotatable bonds is 28. The Morgan fingerprint density at radius 1 is 0.681 bits per heavy atom. The minimum absolute atomic E-state index is 0.193. The zero-order valence-corrected chi connectivity index (χ0v) is 34.1. The Balaban J connectivity index is 1.94. The molecule has 0 radical (unpaired) electrons. The van der Waals surface area contributed by atoms with Crippen LogP contribution >= 0.6 is 0 Å². The van der Waals surface area contributed by atoms with Crippen molar-refractivity contribution in [3.63, 3.8) is 0 Å². The highest BCUT2D eigenvalue weighted by Crippen LogP contribution is 2.47. The van der Waals surface area contributed by atoms with E-state index in [1.807, 2.05) is 0 Å². The van der Waals surface area contributed by atoms with Crippen LogP contribution in [0.5, 0.6) is 0 Å². The van der Waals surface area contributed by atoms with Gasteiger partial charge in [0.25, 0.3) is 0 Å². The van der Waals surface area contributed by atoms with Gasteiger partial charge >= 0.3 is 0 Å². The summed E-state index contributed by atoms with van der Waals surface area (Å²) in [4.78, 5) is 0. The summed E-state index contributed by atoms with van der Waals surface area (Å²) in [7, 11) is 0. The molecule has 0 spiro atoms. The van der Waals surface area contributed by atoms with Crippen LogP contribution < -0.4 is 0 Å². The van der Waals surface area contributed by atoms with Crippen LogP contribution in [0.1, 0.15) is 223 Å². The van der Waals surface area contributed by atoms with E-state index in [0.717, 1.165) is 35.5 Å². The molecule has 0 aromatic heterocycles. The first-order valence-electron chi connectivity index (χ1n) is 22.0. The lowest BCUT2D eigenvalue weighted by Gasteiger charge is -2.37. The van der Waals surface area contributed by atoms with Crippen molar-refractivity contribution in [1.82, 2.24) is 0 Å². The Morgan fingerprint density at radius 2 is 1.23 bits per heavy atom. The van der Waals surface area contributed by atoms with Crippen molar-refractivity contribution in [3.8, 4) is 0 Å². The molecule has 0 amide bonds. The second-order valence-corrected chi connectivity index (χ2v) is 17.9. The van der Waals surface area contributed by atoms with E-state index in [1.54, 1.807) is 0 Å². The van der Waals surface area contributed by atoms with Gasteiger partial charge in [-0.3, -0.25) is 0 Å². The molecule has 2 aliphatic rings. The fourth-order valence-corrected chi connectivity index (χ4v) is 10.8. The predicted molar refractivity (Wildman–Crippen MR) is 211 cm³/mol. The maximum Gasteiger partial charge on any atom is 0.0786 e. The highest BCUT2D eigenvalue weighted by Gasteiger charge is 2.40. The first kappa shape index (κ1) is 42.9. The molecule has 7 atom stereocenters. The largest absolute Gasteiger partial charge is 0.388 e. The van der Waals surface area contributed by atoms with Crippen molar-refractivity contribution in [2.24, 2.45) is 52.8 Å². The van der Waals surface area contributed by atoms with Gasteiger partial charge in [-0.1, -0.05) is 158 Å². The van der Waals surface area contributed by atoms with Gasteiger partial charge in [0, 0.05) is 0 Å². The van der Waals surface area contributed by atoms with Crippen molar-refractivity contribution in [3.05, 3.63) is 11.1 Å². The number of hydrogen-bond acceptors (Lipinski definition) is 1. The first-order chi connectivity index (χ1) is 22.6. The highest BCUT2D eigenvalue weighted by atomic mass is 16.3. The SMILES string of the molecule is CCCC(CCC)CCCC(CCC)(CCC)CCC[C@H](CCC)C[C@H](C)C(C)CC[C@@H](C1CC1)[C@H](O)C1=C(C)C[C@H](CC)C[C@@H]1C. The fraction of sp³-hybridized carbons (Fsp3) is 0.957. The highest BCUT2D eigenvalue weighted by molar-refractivity contribution is 5.24. The second kappa shape index (κ2) is 23.2. The van der Waals surface area contributed by atoms with E-state index in [9.17, 15) is 5.11 Å². The predicted octanol–water partition coefficient (Wildman–Crippen LogP) is 15.1. The van der Waals surface area contributed by atoms with Crippen LogP contribution in [0, 0.1) is 52.8 Å². The molecule has 1 saturated carbocycles. The van der Waals surface area contributed by atoms with Gasteiger partial charge in [-0.15, -0.1) is 0 Å². The average molecular weight is 657 g/mol. The van der Waals surface area contributed by atoms with Gasteiger partial charge in [0.1, 0.15) is 0 Å². The van der Waals surface area contributed by atoms with E-state index in [4.69, 9.17) is 0 Å². The smallest absolute Gasteiger partial charge is 0.0786 e. The molecule has 0 saturated heterocycles. The Labute approximate surface area is 297 Å². The summed E-state index contributed by atoms with van der Waals surface area (Å²) >= 11 is 0. The Kier molecular flexibility index (Phi) is 21.2. The Morgan fingerprint density at radius 3 is 1.72 bits per heavy atom. The van der Waals surface area contributed by atoms with Gasteiger partial charge in [0.15, 0.2) is 0 Å². The fourth-order valence-electron chi connectivity index (χ4n) is 10.8. The van der Waals surface area contributed by atoms with Gasteiger partial charge in [0.2, 0.25) is 0 Å². The van der Waals surface area contributed by atoms with Crippen LogP contribution in [0.4, 0.5) is 0 Å². The molecule has 1 unspecified atom stereocenters. The molecule has 1 heteroatoms. The summed E-state index contributed by atoms with van der Waals surface area (Å²) in [6.45, 7) is 24.2. The van der Waals surface area contributed by atoms with Gasteiger partial charge in [0.05, 0.1) is 6.10 Å². The monoisotopic (exact) mass is 657 g/mol. The molecule has 1 N–H and O–H groups in total. The molecule has 0 aromatic rings. The van der Waals surface area contributed by atoms with Crippen LogP contribution in [0.3, 0.4) is 0 Å². The zero-order chi connectivity index (χ0) is 34.8. The maximum atomic E-state index is 11.8. The molecule has 2 rings (SSSR count). The van der Waals surface area contributed by atoms with Gasteiger partial charge in [-0.2, -0.15) is 0 Å². The molecule has 0 bridgehead atoms. The molecular formula is C46H88O. The van der Waals surface area contributed by atoms with E-state index in [1.165, 1.54) is 165 Å². The van der Waals surface area contributed by atoms with E-state index < -0.39 is 0 Å². The minimum atomic E-state index is -0.193. The average Bonchev–Trinajstić information content (AvgIpc) is 3.86. The van der Waals surface area contributed by atoms with Gasteiger partial charge in [-0.05, 0) is 129 Å². The van der Waals surface area contributed by atoms with E-state index in [2.05, 4.69) is 69.2 Å². The third-order valence-corrected chi connectivity index (χ3v) is 13.8. The van der Waals surface area contributed by atoms with Crippen molar-refractivity contribution < 1.29 is 5.11 Å². The number of allylic oxidation sites excluding steroid dienone is 1. The molecule has 0 heterocycles. The molecule has 1 nitrogen and oxygen atoms in total. The lowest BCUT2D eigenvalue weighted by Crippen LogP contribution is -2.32. The van der Waals surface area contributed by atoms with Crippen molar-refractivity contribution >= 4 is 0 Å². The van der Waals surface area contributed by atoms with Crippen LogP contribution in [0.15, 0.2) is 11.1 Å². The summed E-state index contributed by atoms with van der Waals surface area (Å²) in [5.41, 5.74) is 3.57. The lowest BCUT2D eigenvalue weighted by molar-refractivity contribution is 0.0979. The molecule has 0 aromatic carbocycles. The van der Waals surface area contributed by atoms with Gasteiger partial charge < -0.3 is 5.11 Å². The van der Waals surface area contributed by atoms with Crippen molar-refractivity contribution in [2.75, 3.05) is 0 Å². The van der Waals surface area contributed by atoms with E-state index in [0.29, 0.717) is 17.3 Å². The van der Waals surface area contributed by atoms with E-state index >= 15 is 0 Å². The molecular weight excluding hydrogens is 569 g/mol. The normalized spacial score (nSPS) is 22.5. The number of hydrogen-bond donors (Lipinski definition) is 1. The van der Waals surface area contributed by atoms with Gasteiger partial charge in [-0.25, -0.2) is 0 Å². The molecule has 278 valence electrons. The van der Waals surface area contributed by atoms with E-state index in [-0.39, 0.29) is 6.10 Å². The molecule has 2 aliphatic carbocycles. The Hall–Kier alpha value is -0.300. The number of aliphatic hydroxyl groups excluding tert-OH is 1. The molecule has 47 heavy (non-hydrogen) atoms. The zero-order valence-electron chi connectivity index (χ0n) is 34.1. The summed E-state index contributed by atoms with van der Waals surface area (Å²) in [5, 5.41) is 11.8. The van der Waals surface area contributed by atoms with Crippen LogP contribution in [-0.4, -0.2) is 11.2 Å². The van der Waals surface area contributed by atoms with Crippen LogP contribution in [0.2, 0.25) is 0 Å². The first-order valence-corrected chi connectivity index (χ1v) is 22.0. The third-order valence-electron chi connectivity index (χ3n) is 13.8. The van der Waals surface area contributed by atoms with Crippen molar-refractivity contribution in [2.45, 2.75) is 229 Å². The maximum absolute atomic E-state index is 11.8.